The van der Waals surface area contributed by atoms with Crippen LogP contribution in [0.5, 0.6) is 0 Å². The normalized spacial score (nSPS) is 11.1. The van der Waals surface area contributed by atoms with Gasteiger partial charge in [0, 0.05) is 0 Å². The summed E-state index contributed by atoms with van der Waals surface area (Å²) in [7, 11) is 0. The lowest BCUT2D eigenvalue weighted by Gasteiger charge is -2.06. The van der Waals surface area contributed by atoms with E-state index in [4.69, 9.17) is 11.3 Å². The molecule has 0 radical (unpaired) electrons. The first-order chi connectivity index (χ1) is 9.08. The van der Waals surface area contributed by atoms with E-state index in [2.05, 4.69) is 30.0 Å². The first-order valence-electron chi connectivity index (χ1n) is 5.90. The van der Waals surface area contributed by atoms with Crippen LogP contribution in [-0.2, 0) is 0 Å². The van der Waals surface area contributed by atoms with Crippen LogP contribution in [0.25, 0.3) is 16.7 Å². The molecule has 0 atom stereocenters. The quantitative estimate of drug-likeness (QED) is 0.636. The lowest BCUT2D eigenvalue weighted by Crippen LogP contribution is -2.27. The maximum atomic E-state index is 7.89. The van der Waals surface area contributed by atoms with Gasteiger partial charge in [0.2, 0.25) is 0 Å². The summed E-state index contributed by atoms with van der Waals surface area (Å²) < 4.78 is 2.90. The third-order valence-corrected chi connectivity index (χ3v) is 3.30. The van der Waals surface area contributed by atoms with Crippen molar-refractivity contribution in [2.45, 2.75) is 13.8 Å². The zero-order valence-electron chi connectivity index (χ0n) is 10.8. The maximum absolute atomic E-state index is 7.89. The summed E-state index contributed by atoms with van der Waals surface area (Å²) in [6.45, 7) is 4.12. The van der Waals surface area contributed by atoms with Gasteiger partial charge >= 0.3 is 0 Å². The molecule has 0 aliphatic carbocycles. The Morgan fingerprint density at radius 1 is 1.21 bits per heavy atom. The van der Waals surface area contributed by atoms with Crippen LogP contribution in [0.2, 0.25) is 0 Å². The molecule has 0 unspecified atom stereocenters. The van der Waals surface area contributed by atoms with Gasteiger partial charge in [-0.15, -0.1) is 0 Å². The monoisotopic (exact) mass is 254 g/mol. The van der Waals surface area contributed by atoms with E-state index < -0.39 is 0 Å². The highest BCUT2D eigenvalue weighted by Crippen LogP contribution is 2.16. The Labute approximate surface area is 109 Å². The SMILES string of the molecule is Cc1ccc(-n2ncc3c(=N)n(N)cnc32)cc1C. The van der Waals surface area contributed by atoms with Crippen molar-refractivity contribution < 1.29 is 0 Å². The Hall–Kier alpha value is -2.63. The van der Waals surface area contributed by atoms with Crippen molar-refractivity contribution >= 4 is 11.0 Å². The summed E-state index contributed by atoms with van der Waals surface area (Å²) in [6.07, 6.45) is 3.03. The summed E-state index contributed by atoms with van der Waals surface area (Å²) in [4.78, 5) is 4.25. The Bertz CT molecular complexity index is 827. The zero-order chi connectivity index (χ0) is 13.6. The Morgan fingerprint density at radius 2 is 2.00 bits per heavy atom. The maximum Gasteiger partial charge on any atom is 0.168 e. The van der Waals surface area contributed by atoms with E-state index in [9.17, 15) is 0 Å². The number of nitrogens with two attached hydrogens (primary N) is 1. The van der Waals surface area contributed by atoms with Crippen LogP contribution in [0.1, 0.15) is 11.1 Å². The molecule has 6 heteroatoms. The van der Waals surface area contributed by atoms with E-state index in [1.807, 2.05) is 12.1 Å². The summed E-state index contributed by atoms with van der Waals surface area (Å²) in [5.41, 5.74) is 4.18. The van der Waals surface area contributed by atoms with Crippen LogP contribution in [0.3, 0.4) is 0 Å². The van der Waals surface area contributed by atoms with Crippen LogP contribution in [-0.4, -0.2) is 19.4 Å². The van der Waals surface area contributed by atoms with Crippen molar-refractivity contribution in [1.82, 2.24) is 19.4 Å². The fraction of sp³-hybridized carbons (Fsp3) is 0.154. The molecule has 3 rings (SSSR count). The van der Waals surface area contributed by atoms with E-state index in [1.54, 1.807) is 10.9 Å². The van der Waals surface area contributed by atoms with Crippen molar-refractivity contribution in [3.05, 3.63) is 47.3 Å². The van der Waals surface area contributed by atoms with Gasteiger partial charge in [-0.05, 0) is 37.1 Å². The smallest absolute Gasteiger partial charge is 0.168 e. The fourth-order valence-corrected chi connectivity index (χ4v) is 1.99. The number of nitrogens with one attached hydrogen (secondary N) is 1. The molecule has 2 aromatic heterocycles. The van der Waals surface area contributed by atoms with Crippen molar-refractivity contribution in [3.8, 4) is 5.69 Å². The van der Waals surface area contributed by atoms with Crippen LogP contribution in [0.4, 0.5) is 0 Å². The predicted octanol–water partition coefficient (Wildman–Crippen LogP) is 1.03. The molecular formula is C13H14N6. The Balaban J connectivity index is 2.29. The first kappa shape index (κ1) is 11.5. The molecule has 1 aromatic carbocycles. The van der Waals surface area contributed by atoms with Crippen molar-refractivity contribution in [2.75, 3.05) is 5.84 Å². The van der Waals surface area contributed by atoms with Crippen LogP contribution >= 0.6 is 0 Å². The third-order valence-electron chi connectivity index (χ3n) is 3.30. The highest BCUT2D eigenvalue weighted by atomic mass is 15.3. The molecule has 19 heavy (non-hydrogen) atoms. The molecular weight excluding hydrogens is 240 g/mol. The number of aryl methyl sites for hydroxylation is 2. The molecule has 0 saturated carbocycles. The van der Waals surface area contributed by atoms with Gasteiger partial charge in [0.15, 0.2) is 11.1 Å². The highest BCUT2D eigenvalue weighted by molar-refractivity contribution is 5.74. The van der Waals surface area contributed by atoms with E-state index in [0.717, 1.165) is 5.69 Å². The zero-order valence-corrected chi connectivity index (χ0v) is 10.8. The molecule has 6 nitrogen and oxygen atoms in total. The van der Waals surface area contributed by atoms with Gasteiger partial charge in [0.25, 0.3) is 0 Å². The number of aromatic nitrogens is 4. The number of nitrogens with zero attached hydrogens (tertiary/aromatic N) is 4. The number of nitrogen functional groups attached to an aromatic ring is 1. The van der Waals surface area contributed by atoms with Crippen LogP contribution < -0.4 is 11.3 Å². The van der Waals surface area contributed by atoms with E-state index in [1.165, 1.54) is 22.1 Å². The molecule has 0 fully saturated rings. The molecule has 0 amide bonds. The molecule has 0 bridgehead atoms. The van der Waals surface area contributed by atoms with E-state index in [0.29, 0.717) is 11.0 Å². The molecule has 96 valence electrons. The molecule has 3 aromatic rings. The average molecular weight is 254 g/mol. The van der Waals surface area contributed by atoms with Gasteiger partial charge < -0.3 is 5.84 Å². The predicted molar refractivity (Wildman–Crippen MR) is 72.3 cm³/mol. The molecule has 3 N–H and O–H groups in total. The largest absolute Gasteiger partial charge is 0.336 e. The summed E-state index contributed by atoms with van der Waals surface area (Å²) in [5.74, 6) is 5.61. The third kappa shape index (κ3) is 1.69. The molecule has 0 aliphatic heterocycles. The number of hydrogen-bond donors (Lipinski definition) is 2. The highest BCUT2D eigenvalue weighted by Gasteiger charge is 2.09. The van der Waals surface area contributed by atoms with Gasteiger partial charge in [-0.3, -0.25) is 5.41 Å². The summed E-state index contributed by atoms with van der Waals surface area (Å²) >= 11 is 0. The minimum Gasteiger partial charge on any atom is -0.336 e. The molecule has 0 aliphatic rings. The van der Waals surface area contributed by atoms with Gasteiger partial charge in [-0.2, -0.15) is 5.10 Å². The van der Waals surface area contributed by atoms with Crippen molar-refractivity contribution in [2.24, 2.45) is 0 Å². The van der Waals surface area contributed by atoms with Crippen LogP contribution in [0.15, 0.2) is 30.7 Å². The minimum atomic E-state index is 0.195. The number of rotatable bonds is 1. The minimum absolute atomic E-state index is 0.195. The van der Waals surface area contributed by atoms with Gasteiger partial charge in [-0.25, -0.2) is 14.3 Å². The Morgan fingerprint density at radius 3 is 2.74 bits per heavy atom. The molecule has 2 heterocycles. The Kier molecular flexibility index (Phi) is 2.38. The second kappa shape index (κ2) is 3.94. The standard InChI is InChI=1S/C13H14N6/c1-8-3-4-10(5-9(8)2)19-13-11(6-17-19)12(14)18(15)7-16-13/h3-7,14H,15H2,1-2H3. The van der Waals surface area contributed by atoms with Crippen molar-refractivity contribution in [3.63, 3.8) is 0 Å². The first-order valence-corrected chi connectivity index (χ1v) is 5.90. The van der Waals surface area contributed by atoms with Crippen molar-refractivity contribution in [1.29, 1.82) is 5.41 Å². The summed E-state index contributed by atoms with van der Waals surface area (Å²) in [5, 5.41) is 12.8. The van der Waals surface area contributed by atoms with Gasteiger partial charge in [-0.1, -0.05) is 6.07 Å². The second-order valence-electron chi connectivity index (χ2n) is 4.56. The lowest BCUT2D eigenvalue weighted by molar-refractivity contribution is 0.850. The number of benzene rings is 1. The number of fused-ring (bicyclic) bond motifs is 1. The fourth-order valence-electron chi connectivity index (χ4n) is 1.99. The molecule has 0 saturated heterocycles. The van der Waals surface area contributed by atoms with Gasteiger partial charge in [0.05, 0.1) is 17.3 Å². The molecule has 0 spiro atoms. The number of hydrogen-bond acceptors (Lipinski definition) is 4. The second-order valence-corrected chi connectivity index (χ2v) is 4.56. The average Bonchev–Trinajstić information content (AvgIpc) is 2.82. The lowest BCUT2D eigenvalue weighted by atomic mass is 10.1. The van der Waals surface area contributed by atoms with E-state index in [-0.39, 0.29) is 5.49 Å². The summed E-state index contributed by atoms with van der Waals surface area (Å²) in [6, 6.07) is 6.09. The van der Waals surface area contributed by atoms with E-state index >= 15 is 0 Å². The van der Waals surface area contributed by atoms with Gasteiger partial charge in [0.1, 0.15) is 6.33 Å². The topological polar surface area (TPSA) is 85.5 Å². The van der Waals surface area contributed by atoms with Crippen LogP contribution in [0, 0.1) is 19.3 Å².